The quantitative estimate of drug-likeness (QED) is 0.0135. The number of carbonyl (C=O) groups excluding carboxylic acids is 10. The van der Waals surface area contributed by atoms with E-state index >= 15 is 0 Å². The Morgan fingerprint density at radius 3 is 1.15 bits per heavy atom. The number of aliphatic carboxylic acids is 6. The molecule has 1 heterocycles. The van der Waals surface area contributed by atoms with Gasteiger partial charge in [0.2, 0.25) is 23.6 Å². The monoisotopic (exact) mass is 2380 g/mol. The number of esters is 5. The summed E-state index contributed by atoms with van der Waals surface area (Å²) in [6.07, 6.45) is 6.79. The molecule has 22 N–H and O–H groups in total. The number of nitrogens with two attached hydrogens (primary N) is 4. The van der Waals surface area contributed by atoms with Crippen molar-refractivity contribution >= 4 is 165 Å². The number of Topliss-reactive ketones (excluding diaryl/α,β-unsaturated/α-hetero) is 1. The molecule has 869 valence electrons. The number of thioether (sulfide) groups is 2. The third-order valence-electron chi connectivity index (χ3n) is 19.2. The van der Waals surface area contributed by atoms with Gasteiger partial charge in [0, 0.05) is 144 Å². The molecule has 0 spiro atoms. The fourth-order valence-corrected chi connectivity index (χ4v) is 18.2. The molecular weight excluding hydrogens is 2190 g/mol. The molecule has 0 bridgehead atoms. The summed E-state index contributed by atoms with van der Waals surface area (Å²) in [6, 6.07) is -2.29. The van der Waals surface area contributed by atoms with Crippen LogP contribution in [0.5, 0.6) is 0 Å². The van der Waals surface area contributed by atoms with E-state index in [-0.39, 0.29) is 217 Å². The number of thiol groups is 2. The van der Waals surface area contributed by atoms with Crippen LogP contribution >= 0.6 is 70.4 Å². The van der Waals surface area contributed by atoms with Crippen LogP contribution in [-0.2, 0) is 105 Å². The molecule has 8 unspecified atom stereocenters. The van der Waals surface area contributed by atoms with E-state index in [4.69, 9.17) is 71.8 Å². The number of carbonyl (C=O) groups is 16. The van der Waals surface area contributed by atoms with Crippen LogP contribution in [0.15, 0.2) is 0 Å². The van der Waals surface area contributed by atoms with Crippen LogP contribution in [0.2, 0.25) is 0 Å². The van der Waals surface area contributed by atoms with Crippen molar-refractivity contribution in [1.82, 2.24) is 61.3 Å². The maximum absolute atomic E-state index is 13.7. The number of hydrogen-bond acceptors (Lipinski definition) is 40. The van der Waals surface area contributed by atoms with Crippen molar-refractivity contribution in [2.24, 2.45) is 40.7 Å². The molecule has 52 heteroatoms. The van der Waals surface area contributed by atoms with Crippen molar-refractivity contribution in [2.45, 2.75) is 295 Å². The van der Waals surface area contributed by atoms with Crippen LogP contribution in [0.25, 0.3) is 0 Å². The van der Waals surface area contributed by atoms with E-state index in [0.29, 0.717) is 55.6 Å². The molecule has 1 aliphatic heterocycles. The first-order chi connectivity index (χ1) is 67.1. The predicted octanol–water partition coefficient (Wildman–Crippen LogP) is 3.88. The number of nitrogens with zero attached hydrogens (tertiary/aromatic N) is 6. The molecule has 1 rings (SSSR count). The number of nitrogens with one attached hydrogen (secondary N) is 6. The van der Waals surface area contributed by atoms with E-state index in [2.05, 4.69) is 91.1 Å². The van der Waals surface area contributed by atoms with Gasteiger partial charge in [-0.1, -0.05) is 49.3 Å². The second-order valence-corrected chi connectivity index (χ2v) is 47.2. The molecule has 1 aliphatic rings. The Bertz CT molecular complexity index is 3560. The largest absolute Gasteiger partial charge is 3.00 e. The maximum Gasteiger partial charge on any atom is 3.00 e. The first-order valence-corrected chi connectivity index (χ1v) is 54.9. The number of hydrogen-bond donors (Lipinski definition) is 18. The number of ketones is 1. The molecule has 0 saturated carbocycles. The van der Waals surface area contributed by atoms with Gasteiger partial charge in [-0.3, -0.25) is 106 Å². The van der Waals surface area contributed by atoms with Crippen LogP contribution in [0.4, 0.5) is 0 Å². The normalized spacial score (nSPS) is 14.6. The second-order valence-electron chi connectivity index (χ2n) is 40.9. The number of rotatable bonds is 65. The van der Waals surface area contributed by atoms with Crippen LogP contribution in [0, 0.1) is 57.7 Å². The molecule has 0 aromatic rings. The van der Waals surface area contributed by atoms with E-state index in [1.54, 1.807) is 156 Å². The zero-order valence-electron chi connectivity index (χ0n) is 93.4. The Kier molecular flexibility index (Phi) is 92.5. The topological polar surface area (TPSA) is 677 Å². The van der Waals surface area contributed by atoms with Crippen LogP contribution in [0.3, 0.4) is 0 Å². The fourth-order valence-electron chi connectivity index (χ4n) is 12.7. The maximum atomic E-state index is 13.7. The van der Waals surface area contributed by atoms with Crippen molar-refractivity contribution in [3.8, 4) is 0 Å². The molecule has 1 fully saturated rings. The van der Waals surface area contributed by atoms with E-state index in [0.717, 1.165) is 61.8 Å². The molecule has 0 aromatic carbocycles. The van der Waals surface area contributed by atoms with Crippen LogP contribution in [-0.4, -0.2) is 442 Å². The third kappa shape index (κ3) is 97.5. The number of carboxylic acid groups (broad SMARTS) is 6. The smallest absolute Gasteiger partial charge is 0.481 e. The van der Waals surface area contributed by atoms with E-state index in [9.17, 15) is 86.9 Å². The molecule has 10 atom stereocenters. The summed E-state index contributed by atoms with van der Waals surface area (Å²) in [7, 11) is 9.06. The van der Waals surface area contributed by atoms with Crippen molar-refractivity contribution in [3.05, 3.63) is 0 Å². The fraction of sp³-hybridized carbons (Fsp3) is 0.833. The SMILES string of the molecule is CC(C)(C)NCCOCCN.CC(C)(C)OC(=O)CN(CCN(CCN(CC(=O)OC(C)(C)C)CC(=O)OC(C)(C)C)[C@H](CCC(=O)O)C(=O)OC(C)(C)C)CC(=O)OC(C)(C)C.CC(C)C(=O)CC[C@@H](C(=O)O)N(CCN(CC(=O)O)CC(=O)O)CCN(CC(=O)O)CC(=O)O.CCNC(=O)C(C)CC(C)CN.CCNC(=O)C(CC(CNC)SC)SC.CNCC(S)CC(S)C(N)=O.CNCC1CC(C(N)=O)SS1.O.[Gd+3]. The van der Waals surface area contributed by atoms with Crippen molar-refractivity contribution in [2.75, 3.05) is 204 Å². The van der Waals surface area contributed by atoms with Gasteiger partial charge >= 0.3 is 106 Å². The van der Waals surface area contributed by atoms with Gasteiger partial charge in [-0.05, 0) is 223 Å². The minimum atomic E-state index is -1.28. The molecule has 0 aliphatic carbocycles. The minimum Gasteiger partial charge on any atom is -0.481 e. The molecule has 1 saturated heterocycles. The van der Waals surface area contributed by atoms with Gasteiger partial charge < -0.3 is 119 Å². The summed E-state index contributed by atoms with van der Waals surface area (Å²) in [5.74, 6) is -10.7. The second kappa shape index (κ2) is 86.8. The Balaban J connectivity index is -0.000000288. The summed E-state index contributed by atoms with van der Waals surface area (Å²) in [5, 5.41) is 74.4. The van der Waals surface area contributed by atoms with E-state index < -0.39 is 132 Å². The zero-order valence-corrected chi connectivity index (χ0v) is 101. The molecule has 45 nitrogen and oxygen atoms in total. The molecule has 1 radical (unpaired) electrons. The minimum absolute atomic E-state index is 0. The van der Waals surface area contributed by atoms with Crippen molar-refractivity contribution in [1.29, 1.82) is 0 Å². The van der Waals surface area contributed by atoms with Gasteiger partial charge in [0.1, 0.15) is 45.9 Å². The number of carboxylic acids is 6. The Hall–Kier alpha value is -5.42. The molecule has 0 aromatic heterocycles. The number of amides is 4. The summed E-state index contributed by atoms with van der Waals surface area (Å²) < 4.78 is 32.9. The van der Waals surface area contributed by atoms with Gasteiger partial charge in [-0.25, -0.2) is 0 Å². The summed E-state index contributed by atoms with van der Waals surface area (Å²) >= 11 is 11.7. The standard InChI is InChI=1S/C37H67N3O12.C20H33N3O11.C10H22N2OS2.C9H20N2O.C8H20N2O.C6H12N2OS2.C6H14N2OS2.Gd.H2O/c1-33(2,3)48-28(43)22-38(23-29(44)49-34(4,5)6)18-20-40(26(16-17-27(41)42)32(47)52-37(13,14)15)21-19-39(24-30(45)50-35(7,8)9)25-31(46)51-36(10,11)12;1-13(2)15(24)4-3-14(20(33)34)23(7-5-21(9-16(25)26)10-17(27)28)8-6-22(11-18(29)30)12-19(31)32;1-5-12-10(13)9(15-4)6-8(14-3)7-11-2;1-4-11-9(12)8(3)5-7(2)6-10;1-8(2,3)10-5-7-11-6-4-9;1-8-3-4-2-5(6(7)9)11-10-4;1-8-3-4(10)2-5(11)6(7)9;;/h26H,16-25H2,1-15H3,(H,41,42);13-14H,3-12H2,1-2H3,(H,25,26)(H,27,28)(H,29,30)(H,31,32)(H,33,34);8-9,11H,5-7H2,1-4H3,(H,12,13);7-8H,4-6,10H2,1-3H3,(H,11,12);10H,4-7,9H2,1-3H3;4-5,8H,2-3H2,1H3,(H2,7,9);4-5,8,10-11H,2-3H2,1H3,(H2,7,9);;1H2/q;;;;;;;+3;/t26-;14-;;;;;;;/m10......./s1. The Labute approximate surface area is 940 Å². The third-order valence-corrected chi connectivity index (χ3v) is 25.3. The number of primary amides is 2. The Morgan fingerprint density at radius 2 is 0.851 bits per heavy atom. The summed E-state index contributed by atoms with van der Waals surface area (Å²) in [5.41, 5.74) is 17.0. The van der Waals surface area contributed by atoms with Gasteiger partial charge in [0.05, 0.1) is 81.3 Å². The zero-order chi connectivity index (χ0) is 114. The molecule has 4 amide bonds. The Morgan fingerprint density at radius 1 is 0.473 bits per heavy atom. The van der Waals surface area contributed by atoms with Crippen molar-refractivity contribution in [3.63, 3.8) is 0 Å². The number of ether oxygens (including phenoxy) is 6. The first kappa shape index (κ1) is 158. The first-order valence-electron chi connectivity index (χ1n) is 49.0. The summed E-state index contributed by atoms with van der Waals surface area (Å²) in [6.45, 7) is 47.2. The van der Waals surface area contributed by atoms with Crippen LogP contribution < -0.4 is 54.8 Å². The predicted molar refractivity (Wildman–Crippen MR) is 587 cm³/mol. The molecule has 148 heavy (non-hydrogen) atoms. The van der Waals surface area contributed by atoms with Gasteiger partial charge in [0.15, 0.2) is 0 Å². The van der Waals surface area contributed by atoms with Crippen LogP contribution in [0.1, 0.15) is 218 Å². The average Bonchev–Trinajstić information content (AvgIpc) is 1.18. The average molecular weight is 2380 g/mol. The molecular formula is C96H190GdN16O29S6+3. The van der Waals surface area contributed by atoms with E-state index in [1.165, 1.54) is 14.7 Å². The van der Waals surface area contributed by atoms with Gasteiger partial charge in [0.25, 0.3) is 0 Å². The van der Waals surface area contributed by atoms with Crippen molar-refractivity contribution < 1.29 is 181 Å². The van der Waals surface area contributed by atoms with Gasteiger partial charge in [-0.15, -0.1) is 0 Å². The van der Waals surface area contributed by atoms with Gasteiger partial charge in [-0.2, -0.15) is 48.8 Å². The van der Waals surface area contributed by atoms with E-state index in [1.807, 2.05) is 59.9 Å². The summed E-state index contributed by atoms with van der Waals surface area (Å²) in [4.78, 5) is 198.